The molecule has 0 saturated heterocycles. The molecule has 9 heteroatoms. The number of halogens is 3. The third-order valence-electron chi connectivity index (χ3n) is 3.51. The highest BCUT2D eigenvalue weighted by atomic mass is 35.5. The first-order valence-corrected chi connectivity index (χ1v) is 9.61. The van der Waals surface area contributed by atoms with Crippen molar-refractivity contribution in [3.63, 3.8) is 0 Å². The SMILES string of the molecule is Cc1ccc(-n2cnnc2SCC(=O)Nc2c(Cl)cccc2Cl)cc1Cl. The smallest absolute Gasteiger partial charge is 0.234 e. The fraction of sp³-hybridized carbons (Fsp3) is 0.118. The predicted molar refractivity (Wildman–Crippen MR) is 107 cm³/mol. The van der Waals surface area contributed by atoms with E-state index in [0.717, 1.165) is 11.3 Å². The maximum Gasteiger partial charge on any atom is 0.234 e. The van der Waals surface area contributed by atoms with Crippen LogP contribution in [-0.2, 0) is 4.79 Å². The van der Waals surface area contributed by atoms with Crippen LogP contribution in [0.5, 0.6) is 0 Å². The summed E-state index contributed by atoms with van der Waals surface area (Å²) in [6, 6.07) is 10.7. The van der Waals surface area contributed by atoms with Crippen molar-refractivity contribution in [2.45, 2.75) is 12.1 Å². The van der Waals surface area contributed by atoms with Gasteiger partial charge in [-0.15, -0.1) is 10.2 Å². The van der Waals surface area contributed by atoms with Crippen LogP contribution in [0.1, 0.15) is 5.56 Å². The third-order valence-corrected chi connectivity index (χ3v) is 5.49. The summed E-state index contributed by atoms with van der Waals surface area (Å²) < 4.78 is 1.77. The third kappa shape index (κ3) is 4.32. The summed E-state index contributed by atoms with van der Waals surface area (Å²) in [6.45, 7) is 1.93. The van der Waals surface area contributed by atoms with E-state index in [2.05, 4.69) is 15.5 Å². The molecule has 0 aliphatic rings. The maximum atomic E-state index is 12.2. The Morgan fingerprint density at radius 1 is 1.15 bits per heavy atom. The summed E-state index contributed by atoms with van der Waals surface area (Å²) in [6.07, 6.45) is 1.58. The number of nitrogens with one attached hydrogen (secondary N) is 1. The van der Waals surface area contributed by atoms with Crippen LogP contribution in [0, 0.1) is 6.92 Å². The van der Waals surface area contributed by atoms with Gasteiger partial charge in [0, 0.05) is 5.02 Å². The Bertz CT molecular complexity index is 941. The van der Waals surface area contributed by atoms with Gasteiger partial charge in [0.1, 0.15) is 6.33 Å². The number of amides is 1. The number of para-hydroxylation sites is 1. The van der Waals surface area contributed by atoms with Crippen molar-refractivity contribution in [2.75, 3.05) is 11.1 Å². The molecule has 0 bridgehead atoms. The lowest BCUT2D eigenvalue weighted by atomic mass is 10.2. The van der Waals surface area contributed by atoms with Crippen LogP contribution < -0.4 is 5.32 Å². The standard InChI is InChI=1S/C17H13Cl3N4OS/c1-10-5-6-11(7-14(10)20)24-9-21-23-17(24)26-8-15(25)22-16-12(18)3-2-4-13(16)19/h2-7,9H,8H2,1H3,(H,22,25). The summed E-state index contributed by atoms with van der Waals surface area (Å²) in [7, 11) is 0. The summed E-state index contributed by atoms with van der Waals surface area (Å²) >= 11 is 19.5. The summed E-state index contributed by atoms with van der Waals surface area (Å²) in [5, 5.41) is 12.7. The van der Waals surface area contributed by atoms with Gasteiger partial charge in [0.25, 0.3) is 0 Å². The normalized spacial score (nSPS) is 10.8. The number of benzene rings is 2. The average molecular weight is 428 g/mol. The first-order valence-electron chi connectivity index (χ1n) is 7.49. The fourth-order valence-corrected chi connectivity index (χ4v) is 3.55. The van der Waals surface area contributed by atoms with Crippen LogP contribution >= 0.6 is 46.6 Å². The van der Waals surface area contributed by atoms with E-state index >= 15 is 0 Å². The molecular weight excluding hydrogens is 415 g/mol. The molecular formula is C17H13Cl3N4OS. The lowest BCUT2D eigenvalue weighted by Crippen LogP contribution is -2.15. The molecule has 1 aromatic heterocycles. The minimum Gasteiger partial charge on any atom is -0.323 e. The van der Waals surface area contributed by atoms with E-state index in [9.17, 15) is 4.79 Å². The first kappa shape index (κ1) is 19.0. The van der Waals surface area contributed by atoms with Crippen LogP contribution in [-0.4, -0.2) is 26.4 Å². The quantitative estimate of drug-likeness (QED) is 0.564. The summed E-state index contributed by atoms with van der Waals surface area (Å²) in [4.78, 5) is 12.2. The minimum absolute atomic E-state index is 0.125. The van der Waals surface area contributed by atoms with E-state index in [-0.39, 0.29) is 11.7 Å². The fourth-order valence-electron chi connectivity index (χ4n) is 2.15. The van der Waals surface area contributed by atoms with Crippen molar-refractivity contribution >= 4 is 58.2 Å². The monoisotopic (exact) mass is 426 g/mol. The average Bonchev–Trinajstić information content (AvgIpc) is 3.07. The van der Waals surface area contributed by atoms with Crippen molar-refractivity contribution in [1.82, 2.24) is 14.8 Å². The zero-order valence-electron chi connectivity index (χ0n) is 13.5. The van der Waals surface area contributed by atoms with Gasteiger partial charge < -0.3 is 5.32 Å². The topological polar surface area (TPSA) is 59.8 Å². The maximum absolute atomic E-state index is 12.2. The first-order chi connectivity index (χ1) is 12.5. The number of anilines is 1. The molecule has 0 unspecified atom stereocenters. The van der Waals surface area contributed by atoms with Gasteiger partial charge in [-0.25, -0.2) is 0 Å². The van der Waals surface area contributed by atoms with Crippen LogP contribution in [0.25, 0.3) is 5.69 Å². The molecule has 0 fully saturated rings. The number of carbonyl (C=O) groups excluding carboxylic acids is 1. The largest absolute Gasteiger partial charge is 0.323 e. The number of aryl methyl sites for hydroxylation is 1. The Morgan fingerprint density at radius 2 is 1.88 bits per heavy atom. The molecule has 26 heavy (non-hydrogen) atoms. The van der Waals surface area contributed by atoms with Crippen LogP contribution in [0.2, 0.25) is 15.1 Å². The van der Waals surface area contributed by atoms with Gasteiger partial charge in [0.05, 0.1) is 27.2 Å². The Balaban J connectivity index is 1.70. The Kier molecular flexibility index (Phi) is 6.09. The Morgan fingerprint density at radius 3 is 2.58 bits per heavy atom. The molecule has 0 spiro atoms. The molecule has 3 rings (SSSR count). The van der Waals surface area contributed by atoms with Crippen molar-refractivity contribution in [2.24, 2.45) is 0 Å². The summed E-state index contributed by atoms with van der Waals surface area (Å²) in [5.41, 5.74) is 2.20. The van der Waals surface area contributed by atoms with Gasteiger partial charge in [0.2, 0.25) is 5.91 Å². The van der Waals surface area contributed by atoms with Crippen LogP contribution in [0.4, 0.5) is 5.69 Å². The lowest BCUT2D eigenvalue weighted by molar-refractivity contribution is -0.113. The predicted octanol–water partition coefficient (Wildman–Crippen LogP) is 5.27. The molecule has 1 amide bonds. The highest BCUT2D eigenvalue weighted by Crippen LogP contribution is 2.30. The minimum atomic E-state index is -0.249. The van der Waals surface area contributed by atoms with Gasteiger partial charge in [0.15, 0.2) is 5.16 Å². The van der Waals surface area contributed by atoms with E-state index in [4.69, 9.17) is 34.8 Å². The number of rotatable bonds is 5. The van der Waals surface area contributed by atoms with E-state index in [0.29, 0.717) is 25.9 Å². The second-order valence-electron chi connectivity index (χ2n) is 5.35. The number of thioether (sulfide) groups is 1. The molecule has 0 saturated carbocycles. The molecule has 1 N–H and O–H groups in total. The van der Waals surface area contributed by atoms with Gasteiger partial charge in [-0.05, 0) is 36.8 Å². The molecule has 0 radical (unpaired) electrons. The van der Waals surface area contributed by atoms with Crippen molar-refractivity contribution in [1.29, 1.82) is 0 Å². The van der Waals surface area contributed by atoms with Crippen LogP contribution in [0.3, 0.4) is 0 Å². The highest BCUT2D eigenvalue weighted by Gasteiger charge is 2.13. The zero-order valence-corrected chi connectivity index (χ0v) is 16.6. The number of aromatic nitrogens is 3. The second-order valence-corrected chi connectivity index (χ2v) is 7.51. The zero-order chi connectivity index (χ0) is 18.7. The number of nitrogens with zero attached hydrogens (tertiary/aromatic N) is 3. The van der Waals surface area contributed by atoms with Gasteiger partial charge in [-0.1, -0.05) is 58.7 Å². The van der Waals surface area contributed by atoms with E-state index in [1.807, 2.05) is 25.1 Å². The molecule has 0 aliphatic heterocycles. The molecule has 5 nitrogen and oxygen atoms in total. The molecule has 1 heterocycles. The van der Waals surface area contributed by atoms with Gasteiger partial charge in [-0.2, -0.15) is 0 Å². The number of hydrogen-bond acceptors (Lipinski definition) is 4. The second kappa shape index (κ2) is 8.31. The molecule has 3 aromatic rings. The molecule has 134 valence electrons. The van der Waals surface area contributed by atoms with Gasteiger partial charge in [-0.3, -0.25) is 9.36 Å². The number of carbonyl (C=O) groups is 1. The van der Waals surface area contributed by atoms with Crippen molar-refractivity contribution in [3.05, 3.63) is 63.4 Å². The molecule has 0 aliphatic carbocycles. The van der Waals surface area contributed by atoms with Crippen molar-refractivity contribution in [3.8, 4) is 5.69 Å². The summed E-state index contributed by atoms with van der Waals surface area (Å²) in [5.74, 6) is -0.124. The van der Waals surface area contributed by atoms with E-state index in [1.165, 1.54) is 11.8 Å². The highest BCUT2D eigenvalue weighted by molar-refractivity contribution is 7.99. The van der Waals surface area contributed by atoms with Crippen LogP contribution in [0.15, 0.2) is 47.9 Å². The Hall–Kier alpha value is -1.73. The van der Waals surface area contributed by atoms with E-state index in [1.54, 1.807) is 29.1 Å². The van der Waals surface area contributed by atoms with Gasteiger partial charge >= 0.3 is 0 Å². The molecule has 0 atom stereocenters. The molecule has 2 aromatic carbocycles. The lowest BCUT2D eigenvalue weighted by Gasteiger charge is -2.10. The van der Waals surface area contributed by atoms with Crippen molar-refractivity contribution < 1.29 is 4.79 Å². The Labute approximate surface area is 169 Å². The number of hydrogen-bond donors (Lipinski definition) is 1. The van der Waals surface area contributed by atoms with E-state index < -0.39 is 0 Å².